The van der Waals surface area contributed by atoms with Crippen molar-refractivity contribution in [1.82, 2.24) is 5.32 Å². The molecular weight excluding hydrogens is 768 g/mol. The van der Waals surface area contributed by atoms with Crippen LogP contribution < -0.4 is 11.1 Å². The van der Waals surface area contributed by atoms with Gasteiger partial charge in [-0.2, -0.15) is 0 Å². The Balaban J connectivity index is 4.17. The molecule has 0 aliphatic rings. The second-order valence-electron chi connectivity index (χ2n) is 17.0. The number of unbranched alkanes of at least 4 members (excludes halogenated alkanes) is 29. The van der Waals surface area contributed by atoms with E-state index >= 15 is 0 Å². The monoisotopic (exact) mass is 865 g/mol. The summed E-state index contributed by atoms with van der Waals surface area (Å²) >= 11 is 0. The summed E-state index contributed by atoms with van der Waals surface area (Å²) in [6, 6.07) is -0.881. The van der Waals surface area contributed by atoms with Gasteiger partial charge >= 0.3 is 7.82 Å². The number of phosphoric acid groups is 1. The summed E-state index contributed by atoms with van der Waals surface area (Å²) in [7, 11) is -4.35. The van der Waals surface area contributed by atoms with Gasteiger partial charge in [-0.25, -0.2) is 4.57 Å². The average molecular weight is 865 g/mol. The predicted octanol–water partition coefficient (Wildman–Crippen LogP) is 14.8. The molecular formula is C51H97N2O6P. The molecule has 1 amide bonds. The van der Waals surface area contributed by atoms with Crippen LogP contribution in [-0.2, 0) is 18.4 Å². The lowest BCUT2D eigenvalue weighted by molar-refractivity contribution is -0.123. The Kier molecular flexibility index (Phi) is 45.7. The molecule has 0 aromatic carbocycles. The summed E-state index contributed by atoms with van der Waals surface area (Å²) in [6.07, 6.45) is 58.9. The fourth-order valence-electron chi connectivity index (χ4n) is 7.30. The summed E-state index contributed by atoms with van der Waals surface area (Å²) in [6.45, 7) is 4.12. The maximum Gasteiger partial charge on any atom is 0.472 e. The van der Waals surface area contributed by atoms with Gasteiger partial charge in [-0.1, -0.05) is 217 Å². The minimum absolute atomic E-state index is 0.0724. The molecule has 0 aromatic rings. The van der Waals surface area contributed by atoms with E-state index in [-0.39, 0.29) is 25.7 Å². The fraction of sp³-hybridized carbons (Fsp3) is 0.824. The first-order chi connectivity index (χ1) is 29.4. The molecule has 8 nitrogen and oxygen atoms in total. The highest BCUT2D eigenvalue weighted by molar-refractivity contribution is 7.47. The van der Waals surface area contributed by atoms with Crippen molar-refractivity contribution in [2.24, 2.45) is 5.73 Å². The number of aliphatic hydroxyl groups is 1. The lowest BCUT2D eigenvalue weighted by Crippen LogP contribution is -2.45. The Morgan fingerprint density at radius 2 is 0.933 bits per heavy atom. The van der Waals surface area contributed by atoms with Crippen molar-refractivity contribution >= 4 is 13.7 Å². The van der Waals surface area contributed by atoms with E-state index < -0.39 is 20.0 Å². The van der Waals surface area contributed by atoms with Gasteiger partial charge < -0.3 is 21.1 Å². The van der Waals surface area contributed by atoms with Crippen LogP contribution in [-0.4, -0.2) is 47.8 Å². The second-order valence-corrected chi connectivity index (χ2v) is 18.5. The molecule has 3 atom stereocenters. The number of hydrogen-bond acceptors (Lipinski definition) is 6. The standard InChI is InChI=1S/C51H97N2O6P/c1-3-5-7-9-11-13-15-17-19-21-23-25-27-29-31-33-35-37-39-41-43-45-51(55)53-49(48-59-60(56,57)58-47-46-52)50(54)44-42-40-38-36-34-32-30-28-26-24-22-20-18-16-14-12-10-8-6-4-2/h15,17,21,23,34,36,42,44,49-50,54H,3-14,16,18-20,22,24-33,35,37-41,43,45-48,52H2,1-2H3,(H,53,55)(H,56,57)/b17-15-,23-21-,36-34+,44-42+. The minimum Gasteiger partial charge on any atom is -0.387 e. The zero-order valence-corrected chi connectivity index (χ0v) is 40.1. The Morgan fingerprint density at radius 3 is 1.38 bits per heavy atom. The fourth-order valence-corrected chi connectivity index (χ4v) is 8.06. The molecule has 0 heterocycles. The van der Waals surface area contributed by atoms with Gasteiger partial charge in [-0.3, -0.25) is 13.8 Å². The highest BCUT2D eigenvalue weighted by atomic mass is 31.2. The Labute approximate surface area is 371 Å². The molecule has 0 fully saturated rings. The van der Waals surface area contributed by atoms with Crippen molar-refractivity contribution in [2.75, 3.05) is 19.8 Å². The number of nitrogens with one attached hydrogen (secondary N) is 1. The van der Waals surface area contributed by atoms with Crippen LogP contribution in [0.2, 0.25) is 0 Å². The molecule has 0 bridgehead atoms. The molecule has 0 aromatic heterocycles. The zero-order chi connectivity index (χ0) is 43.9. The molecule has 3 unspecified atom stereocenters. The summed E-state index contributed by atoms with van der Waals surface area (Å²) in [5.74, 6) is -0.207. The smallest absolute Gasteiger partial charge is 0.387 e. The molecule has 0 spiro atoms. The third-order valence-corrected chi connectivity index (χ3v) is 12.1. The number of rotatable bonds is 47. The van der Waals surface area contributed by atoms with E-state index in [1.165, 1.54) is 173 Å². The number of allylic oxidation sites excluding steroid dienone is 7. The number of carbonyl (C=O) groups is 1. The highest BCUT2D eigenvalue weighted by Crippen LogP contribution is 2.43. The number of aliphatic hydroxyl groups excluding tert-OH is 1. The minimum atomic E-state index is -4.35. The van der Waals surface area contributed by atoms with Crippen LogP contribution in [0, 0.1) is 0 Å². The van der Waals surface area contributed by atoms with Gasteiger partial charge in [0.05, 0.1) is 25.4 Å². The Bertz CT molecular complexity index is 1080. The maximum atomic E-state index is 12.8. The third-order valence-electron chi connectivity index (χ3n) is 11.1. The normalized spacial score (nSPS) is 14.3. The maximum absolute atomic E-state index is 12.8. The van der Waals surface area contributed by atoms with Crippen molar-refractivity contribution in [3.8, 4) is 0 Å². The quantitative estimate of drug-likeness (QED) is 0.0272. The van der Waals surface area contributed by atoms with Gasteiger partial charge in [0, 0.05) is 13.0 Å². The van der Waals surface area contributed by atoms with E-state index in [0.29, 0.717) is 6.42 Å². The molecule has 60 heavy (non-hydrogen) atoms. The van der Waals surface area contributed by atoms with Crippen LogP contribution in [0.4, 0.5) is 0 Å². The molecule has 5 N–H and O–H groups in total. The first-order valence-electron chi connectivity index (χ1n) is 25.3. The predicted molar refractivity (Wildman–Crippen MR) is 258 cm³/mol. The lowest BCUT2D eigenvalue weighted by atomic mass is 10.0. The third kappa shape index (κ3) is 44.5. The number of nitrogens with two attached hydrogens (primary N) is 1. The molecule has 9 heteroatoms. The summed E-state index contributed by atoms with van der Waals surface area (Å²) in [5, 5.41) is 13.7. The van der Waals surface area contributed by atoms with E-state index in [1.54, 1.807) is 6.08 Å². The first kappa shape index (κ1) is 58.5. The van der Waals surface area contributed by atoms with Crippen LogP contribution in [0.25, 0.3) is 0 Å². The molecule has 0 radical (unpaired) electrons. The van der Waals surface area contributed by atoms with E-state index in [4.69, 9.17) is 14.8 Å². The average Bonchev–Trinajstić information content (AvgIpc) is 3.24. The number of amides is 1. The van der Waals surface area contributed by atoms with Gasteiger partial charge in [0.1, 0.15) is 0 Å². The summed E-state index contributed by atoms with van der Waals surface area (Å²) in [5.41, 5.74) is 5.39. The number of hydrogen-bond donors (Lipinski definition) is 4. The number of phosphoric ester groups is 1. The van der Waals surface area contributed by atoms with Crippen molar-refractivity contribution in [2.45, 2.75) is 251 Å². The molecule has 0 aliphatic heterocycles. The highest BCUT2D eigenvalue weighted by Gasteiger charge is 2.26. The van der Waals surface area contributed by atoms with Crippen molar-refractivity contribution < 1.29 is 28.4 Å². The van der Waals surface area contributed by atoms with Gasteiger partial charge in [-0.05, 0) is 64.2 Å². The zero-order valence-electron chi connectivity index (χ0n) is 39.2. The van der Waals surface area contributed by atoms with Crippen molar-refractivity contribution in [3.05, 3.63) is 48.6 Å². The van der Waals surface area contributed by atoms with E-state index in [0.717, 1.165) is 44.9 Å². The van der Waals surface area contributed by atoms with Crippen LogP contribution in [0.15, 0.2) is 48.6 Å². The van der Waals surface area contributed by atoms with Crippen LogP contribution in [0.1, 0.15) is 239 Å². The SMILES string of the molecule is CCCCCCC/C=C\C/C=C\CCCCCCCCCCCC(=O)NC(COP(=O)(O)OCCN)C(O)/C=C/CC/C=C/CCCCCCCCCCCCCCCC. The van der Waals surface area contributed by atoms with Gasteiger partial charge in [0.2, 0.25) is 5.91 Å². The van der Waals surface area contributed by atoms with Gasteiger partial charge in [0.15, 0.2) is 0 Å². The van der Waals surface area contributed by atoms with E-state index in [1.807, 2.05) is 6.08 Å². The molecule has 352 valence electrons. The Hall–Kier alpha value is -1.54. The lowest BCUT2D eigenvalue weighted by Gasteiger charge is -2.23. The molecule has 0 saturated carbocycles. The second kappa shape index (κ2) is 47.0. The summed E-state index contributed by atoms with van der Waals surface area (Å²) < 4.78 is 22.2. The van der Waals surface area contributed by atoms with Crippen LogP contribution >= 0.6 is 7.82 Å². The van der Waals surface area contributed by atoms with E-state index in [2.05, 4.69) is 55.6 Å². The van der Waals surface area contributed by atoms with Gasteiger partial charge in [0.25, 0.3) is 0 Å². The van der Waals surface area contributed by atoms with E-state index in [9.17, 15) is 19.4 Å². The topological polar surface area (TPSA) is 131 Å². The first-order valence-corrected chi connectivity index (χ1v) is 26.8. The Morgan fingerprint density at radius 1 is 0.550 bits per heavy atom. The summed E-state index contributed by atoms with van der Waals surface area (Å²) in [4.78, 5) is 22.8. The van der Waals surface area contributed by atoms with Crippen molar-refractivity contribution in [1.29, 1.82) is 0 Å². The number of carbonyl (C=O) groups excluding carboxylic acids is 1. The van der Waals surface area contributed by atoms with Crippen LogP contribution in [0.5, 0.6) is 0 Å². The van der Waals surface area contributed by atoms with Gasteiger partial charge in [-0.15, -0.1) is 0 Å². The molecule has 0 saturated heterocycles. The largest absolute Gasteiger partial charge is 0.472 e. The molecule has 0 aliphatic carbocycles. The van der Waals surface area contributed by atoms with Crippen molar-refractivity contribution in [3.63, 3.8) is 0 Å². The van der Waals surface area contributed by atoms with Crippen LogP contribution in [0.3, 0.4) is 0 Å². The molecule has 0 rings (SSSR count).